The Morgan fingerprint density at radius 3 is 2.30 bits per heavy atom. The summed E-state index contributed by atoms with van der Waals surface area (Å²) in [6.07, 6.45) is 0. The van der Waals surface area contributed by atoms with Crippen LogP contribution in [0.15, 0.2) is 36.4 Å². The molecule has 2 aromatic carbocycles. The Morgan fingerprint density at radius 2 is 1.61 bits per heavy atom. The van der Waals surface area contributed by atoms with Crippen molar-refractivity contribution in [2.45, 2.75) is 0 Å². The fourth-order valence-corrected chi connectivity index (χ4v) is 2.42. The van der Waals surface area contributed by atoms with Gasteiger partial charge in [0.2, 0.25) is 5.91 Å². The van der Waals surface area contributed by atoms with Crippen molar-refractivity contribution in [1.29, 1.82) is 0 Å². The van der Waals surface area contributed by atoms with E-state index >= 15 is 0 Å². The van der Waals surface area contributed by atoms with Crippen LogP contribution in [0.4, 0.5) is 11.4 Å². The van der Waals surface area contributed by atoms with Crippen LogP contribution < -0.4 is 10.6 Å². The molecule has 0 saturated heterocycles. The summed E-state index contributed by atoms with van der Waals surface area (Å²) in [5.74, 6) is -1.55. The van der Waals surface area contributed by atoms with Crippen molar-refractivity contribution in [2.75, 3.05) is 17.2 Å². The minimum absolute atomic E-state index is 0.00780. The average Bonchev–Trinajstić information content (AvgIpc) is 2.50. The number of halogens is 3. The Labute approximate surface area is 147 Å². The monoisotopic (exact) mass is 372 g/mol. The van der Waals surface area contributed by atoms with Crippen molar-refractivity contribution in [3.8, 4) is 0 Å². The number of carbonyl (C=O) groups excluding carboxylic acids is 1. The van der Waals surface area contributed by atoms with E-state index in [9.17, 15) is 9.59 Å². The van der Waals surface area contributed by atoms with Crippen molar-refractivity contribution in [1.82, 2.24) is 0 Å². The Kier molecular flexibility index (Phi) is 5.71. The van der Waals surface area contributed by atoms with Gasteiger partial charge in [-0.3, -0.25) is 4.79 Å². The number of amides is 1. The van der Waals surface area contributed by atoms with Crippen molar-refractivity contribution in [3.63, 3.8) is 0 Å². The molecule has 0 spiro atoms. The van der Waals surface area contributed by atoms with Gasteiger partial charge in [0.15, 0.2) is 0 Å². The molecular formula is C15H11Cl3N2O3. The molecule has 0 heterocycles. The molecule has 1 amide bonds. The second-order valence-electron chi connectivity index (χ2n) is 4.50. The van der Waals surface area contributed by atoms with Crippen LogP contribution in [-0.4, -0.2) is 23.5 Å². The number of benzene rings is 2. The first-order valence-electron chi connectivity index (χ1n) is 6.39. The Bertz CT molecular complexity index is 766. The SMILES string of the molecule is O=C(CNc1cc(Cl)c(Cl)cc1Cl)Nc1ccccc1C(=O)O. The summed E-state index contributed by atoms with van der Waals surface area (Å²) in [6.45, 7) is -0.119. The first-order valence-corrected chi connectivity index (χ1v) is 7.52. The molecule has 0 atom stereocenters. The Hall–Kier alpha value is -1.95. The Morgan fingerprint density at radius 1 is 0.957 bits per heavy atom. The number of carbonyl (C=O) groups is 2. The molecule has 0 aliphatic heterocycles. The van der Waals surface area contributed by atoms with Gasteiger partial charge in [-0.05, 0) is 24.3 Å². The van der Waals surface area contributed by atoms with E-state index in [1.165, 1.54) is 24.3 Å². The maximum absolute atomic E-state index is 12.0. The molecule has 0 aliphatic rings. The van der Waals surface area contributed by atoms with Gasteiger partial charge in [0.25, 0.3) is 0 Å². The van der Waals surface area contributed by atoms with Crippen LogP contribution in [-0.2, 0) is 4.79 Å². The molecule has 120 valence electrons. The van der Waals surface area contributed by atoms with Crippen LogP contribution in [0.2, 0.25) is 15.1 Å². The highest BCUT2D eigenvalue weighted by Gasteiger charge is 2.12. The van der Waals surface area contributed by atoms with E-state index in [1.807, 2.05) is 0 Å². The van der Waals surface area contributed by atoms with E-state index in [0.29, 0.717) is 20.8 Å². The third-order valence-electron chi connectivity index (χ3n) is 2.88. The lowest BCUT2D eigenvalue weighted by Gasteiger charge is -2.11. The molecule has 0 aromatic heterocycles. The van der Waals surface area contributed by atoms with E-state index < -0.39 is 11.9 Å². The zero-order valence-corrected chi connectivity index (χ0v) is 13.8. The lowest BCUT2D eigenvalue weighted by Crippen LogP contribution is -2.23. The molecule has 0 unspecified atom stereocenters. The third kappa shape index (κ3) is 4.51. The topological polar surface area (TPSA) is 78.4 Å². The first kappa shape index (κ1) is 17.4. The number of carboxylic acids is 1. The quantitative estimate of drug-likeness (QED) is 0.679. The Balaban J connectivity index is 2.04. The predicted octanol–water partition coefficient (Wildman–Crippen LogP) is 4.40. The van der Waals surface area contributed by atoms with E-state index in [0.717, 1.165) is 0 Å². The summed E-state index contributed by atoms with van der Waals surface area (Å²) in [4.78, 5) is 23.0. The van der Waals surface area contributed by atoms with E-state index in [2.05, 4.69) is 10.6 Å². The summed E-state index contributed by atoms with van der Waals surface area (Å²) in [6, 6.07) is 9.09. The highest BCUT2D eigenvalue weighted by atomic mass is 35.5. The van der Waals surface area contributed by atoms with Crippen molar-refractivity contribution >= 4 is 58.1 Å². The van der Waals surface area contributed by atoms with Crippen LogP contribution in [0.1, 0.15) is 10.4 Å². The van der Waals surface area contributed by atoms with Gasteiger partial charge in [-0.1, -0.05) is 46.9 Å². The summed E-state index contributed by atoms with van der Waals surface area (Å²) in [7, 11) is 0. The van der Waals surface area contributed by atoms with E-state index in [-0.39, 0.29) is 17.8 Å². The molecule has 8 heteroatoms. The largest absolute Gasteiger partial charge is 0.478 e. The highest BCUT2D eigenvalue weighted by molar-refractivity contribution is 6.44. The molecule has 0 saturated carbocycles. The maximum Gasteiger partial charge on any atom is 0.337 e. The lowest BCUT2D eigenvalue weighted by atomic mass is 10.2. The van der Waals surface area contributed by atoms with Gasteiger partial charge in [0, 0.05) is 0 Å². The fraction of sp³-hybridized carbons (Fsp3) is 0.0667. The van der Waals surface area contributed by atoms with E-state index in [1.54, 1.807) is 12.1 Å². The number of nitrogens with one attached hydrogen (secondary N) is 2. The zero-order valence-electron chi connectivity index (χ0n) is 11.6. The molecule has 0 bridgehead atoms. The van der Waals surface area contributed by atoms with Gasteiger partial charge in [-0.15, -0.1) is 0 Å². The summed E-state index contributed by atoms with van der Waals surface area (Å²) in [5, 5.41) is 15.3. The number of hydrogen-bond acceptors (Lipinski definition) is 3. The average molecular weight is 374 g/mol. The summed E-state index contributed by atoms with van der Waals surface area (Å²) < 4.78 is 0. The van der Waals surface area contributed by atoms with Gasteiger partial charge < -0.3 is 15.7 Å². The minimum atomic E-state index is -1.12. The molecular weight excluding hydrogens is 363 g/mol. The number of aromatic carboxylic acids is 1. The number of hydrogen-bond donors (Lipinski definition) is 3. The minimum Gasteiger partial charge on any atom is -0.478 e. The molecule has 23 heavy (non-hydrogen) atoms. The van der Waals surface area contributed by atoms with Gasteiger partial charge in [-0.2, -0.15) is 0 Å². The normalized spacial score (nSPS) is 10.2. The third-order valence-corrected chi connectivity index (χ3v) is 3.92. The zero-order chi connectivity index (χ0) is 17.0. The van der Waals surface area contributed by atoms with E-state index in [4.69, 9.17) is 39.9 Å². The molecule has 0 aliphatic carbocycles. The molecule has 0 fully saturated rings. The van der Waals surface area contributed by atoms with Gasteiger partial charge in [0.1, 0.15) is 0 Å². The molecule has 2 aromatic rings. The molecule has 5 nitrogen and oxygen atoms in total. The van der Waals surface area contributed by atoms with Crippen molar-refractivity contribution in [2.24, 2.45) is 0 Å². The second kappa shape index (κ2) is 7.55. The van der Waals surface area contributed by atoms with Gasteiger partial charge in [0.05, 0.1) is 38.6 Å². The number of carboxylic acid groups (broad SMARTS) is 1. The summed E-state index contributed by atoms with van der Waals surface area (Å²) in [5.41, 5.74) is 0.670. The van der Waals surface area contributed by atoms with Crippen molar-refractivity contribution in [3.05, 3.63) is 57.0 Å². The van der Waals surface area contributed by atoms with Gasteiger partial charge in [-0.25, -0.2) is 4.79 Å². The number of rotatable bonds is 5. The predicted molar refractivity (Wildman–Crippen MR) is 92.0 cm³/mol. The maximum atomic E-state index is 12.0. The van der Waals surface area contributed by atoms with Crippen LogP contribution in [0.25, 0.3) is 0 Å². The summed E-state index contributed by atoms with van der Waals surface area (Å²) >= 11 is 17.7. The lowest BCUT2D eigenvalue weighted by molar-refractivity contribution is -0.114. The fourth-order valence-electron chi connectivity index (χ4n) is 1.81. The number of anilines is 2. The molecule has 0 radical (unpaired) electrons. The standard InChI is InChI=1S/C15H11Cl3N2O3/c16-9-5-11(18)13(6-10(9)17)19-7-14(21)20-12-4-2-1-3-8(12)15(22)23/h1-6,19H,7H2,(H,20,21)(H,22,23). The van der Waals surface area contributed by atoms with Crippen LogP contribution in [0, 0.1) is 0 Å². The highest BCUT2D eigenvalue weighted by Crippen LogP contribution is 2.32. The smallest absolute Gasteiger partial charge is 0.337 e. The van der Waals surface area contributed by atoms with Crippen LogP contribution in [0.5, 0.6) is 0 Å². The van der Waals surface area contributed by atoms with Crippen LogP contribution >= 0.6 is 34.8 Å². The number of para-hydroxylation sites is 1. The molecule has 3 N–H and O–H groups in total. The van der Waals surface area contributed by atoms with Gasteiger partial charge >= 0.3 is 5.97 Å². The van der Waals surface area contributed by atoms with Crippen molar-refractivity contribution < 1.29 is 14.7 Å². The van der Waals surface area contributed by atoms with Crippen LogP contribution in [0.3, 0.4) is 0 Å². The molecule has 2 rings (SSSR count). The first-order chi connectivity index (χ1) is 10.9. The second-order valence-corrected chi connectivity index (χ2v) is 5.72.